The SMILES string of the molecule is CC(C)CC(NC(=O)CNC(C)c1cccs1)c1ccccc1. The molecule has 0 spiro atoms. The van der Waals surface area contributed by atoms with Gasteiger partial charge in [0.15, 0.2) is 0 Å². The van der Waals surface area contributed by atoms with Crippen molar-refractivity contribution in [2.75, 3.05) is 6.54 Å². The van der Waals surface area contributed by atoms with Gasteiger partial charge in [0.2, 0.25) is 5.91 Å². The number of benzene rings is 1. The second-order valence-electron chi connectivity index (χ2n) is 6.28. The Bertz CT molecular complexity index is 581. The number of hydrogen-bond acceptors (Lipinski definition) is 3. The Morgan fingerprint density at radius 3 is 2.43 bits per heavy atom. The summed E-state index contributed by atoms with van der Waals surface area (Å²) >= 11 is 1.71. The molecule has 2 atom stereocenters. The van der Waals surface area contributed by atoms with Crippen LogP contribution in [0.5, 0.6) is 0 Å². The van der Waals surface area contributed by atoms with Crippen molar-refractivity contribution in [3.8, 4) is 0 Å². The van der Waals surface area contributed by atoms with Gasteiger partial charge in [0.05, 0.1) is 12.6 Å². The van der Waals surface area contributed by atoms with Crippen LogP contribution in [-0.4, -0.2) is 12.5 Å². The minimum Gasteiger partial charge on any atom is -0.348 e. The van der Waals surface area contributed by atoms with Gasteiger partial charge in [0, 0.05) is 10.9 Å². The van der Waals surface area contributed by atoms with Crippen LogP contribution in [0, 0.1) is 5.92 Å². The Labute approximate surface area is 143 Å². The smallest absolute Gasteiger partial charge is 0.234 e. The standard InChI is InChI=1S/C19H26N2OS/c1-14(2)12-17(16-8-5-4-6-9-16)21-19(22)13-20-15(3)18-10-7-11-23-18/h4-11,14-15,17,20H,12-13H2,1-3H3,(H,21,22). The molecule has 0 fully saturated rings. The van der Waals surface area contributed by atoms with Gasteiger partial charge in [0.25, 0.3) is 0 Å². The first kappa shape index (κ1) is 17.7. The molecule has 1 amide bonds. The van der Waals surface area contributed by atoms with Gasteiger partial charge in [-0.25, -0.2) is 0 Å². The molecular formula is C19H26N2OS. The predicted octanol–water partition coefficient (Wildman–Crippen LogP) is 4.30. The highest BCUT2D eigenvalue weighted by molar-refractivity contribution is 7.10. The molecule has 1 aromatic heterocycles. The fraction of sp³-hybridized carbons (Fsp3) is 0.421. The van der Waals surface area contributed by atoms with Crippen molar-refractivity contribution in [3.05, 3.63) is 58.3 Å². The molecule has 0 saturated heterocycles. The molecule has 23 heavy (non-hydrogen) atoms. The van der Waals surface area contributed by atoms with Crippen LogP contribution in [0.25, 0.3) is 0 Å². The zero-order valence-electron chi connectivity index (χ0n) is 14.1. The van der Waals surface area contributed by atoms with Gasteiger partial charge in [-0.1, -0.05) is 50.2 Å². The average molecular weight is 330 g/mol. The van der Waals surface area contributed by atoms with E-state index in [-0.39, 0.29) is 18.0 Å². The molecule has 0 saturated carbocycles. The van der Waals surface area contributed by atoms with E-state index < -0.39 is 0 Å². The first-order valence-electron chi connectivity index (χ1n) is 8.17. The normalized spacial score (nSPS) is 13.7. The van der Waals surface area contributed by atoms with Gasteiger partial charge in [-0.2, -0.15) is 0 Å². The van der Waals surface area contributed by atoms with Crippen LogP contribution in [0.2, 0.25) is 0 Å². The number of amides is 1. The van der Waals surface area contributed by atoms with Crippen molar-refractivity contribution in [2.45, 2.75) is 39.3 Å². The zero-order valence-corrected chi connectivity index (χ0v) is 14.9. The molecule has 0 bridgehead atoms. The van der Waals surface area contributed by atoms with Crippen molar-refractivity contribution in [2.24, 2.45) is 5.92 Å². The Balaban J connectivity index is 1.90. The molecule has 0 aliphatic rings. The number of thiophene rings is 1. The summed E-state index contributed by atoms with van der Waals surface area (Å²) in [5, 5.41) is 8.52. The van der Waals surface area contributed by atoms with Crippen LogP contribution in [0.1, 0.15) is 49.7 Å². The summed E-state index contributed by atoms with van der Waals surface area (Å²) in [6.07, 6.45) is 0.941. The second kappa shape index (κ2) is 8.85. The fourth-order valence-electron chi connectivity index (χ4n) is 2.56. The van der Waals surface area contributed by atoms with E-state index in [0.29, 0.717) is 12.5 Å². The van der Waals surface area contributed by atoms with E-state index in [2.05, 4.69) is 55.0 Å². The van der Waals surface area contributed by atoms with E-state index >= 15 is 0 Å². The molecule has 0 aliphatic carbocycles. The maximum Gasteiger partial charge on any atom is 0.234 e. The highest BCUT2D eigenvalue weighted by Crippen LogP contribution is 2.21. The summed E-state index contributed by atoms with van der Waals surface area (Å²) < 4.78 is 0. The van der Waals surface area contributed by atoms with Crippen molar-refractivity contribution in [1.82, 2.24) is 10.6 Å². The van der Waals surface area contributed by atoms with Crippen LogP contribution in [-0.2, 0) is 4.79 Å². The van der Waals surface area contributed by atoms with Gasteiger partial charge in [-0.05, 0) is 36.3 Å². The number of rotatable bonds is 8. The van der Waals surface area contributed by atoms with Gasteiger partial charge in [-0.3, -0.25) is 4.79 Å². The monoisotopic (exact) mass is 330 g/mol. The lowest BCUT2D eigenvalue weighted by Crippen LogP contribution is -2.37. The molecule has 3 nitrogen and oxygen atoms in total. The van der Waals surface area contributed by atoms with Crippen LogP contribution >= 0.6 is 11.3 Å². The molecule has 0 aliphatic heterocycles. The first-order valence-corrected chi connectivity index (χ1v) is 9.05. The van der Waals surface area contributed by atoms with Gasteiger partial charge >= 0.3 is 0 Å². The highest BCUT2D eigenvalue weighted by atomic mass is 32.1. The van der Waals surface area contributed by atoms with E-state index in [4.69, 9.17) is 0 Å². The number of nitrogens with one attached hydrogen (secondary N) is 2. The molecule has 2 N–H and O–H groups in total. The summed E-state index contributed by atoms with van der Waals surface area (Å²) in [4.78, 5) is 13.6. The van der Waals surface area contributed by atoms with Crippen LogP contribution in [0.15, 0.2) is 47.8 Å². The third kappa shape index (κ3) is 5.81. The minimum atomic E-state index is 0.0444. The third-order valence-corrected chi connectivity index (χ3v) is 4.84. The predicted molar refractivity (Wildman–Crippen MR) is 97.5 cm³/mol. The van der Waals surface area contributed by atoms with E-state index in [9.17, 15) is 4.79 Å². The van der Waals surface area contributed by atoms with Crippen molar-refractivity contribution >= 4 is 17.2 Å². The molecule has 2 unspecified atom stereocenters. The summed E-state index contributed by atoms with van der Waals surface area (Å²) in [5.41, 5.74) is 1.17. The fourth-order valence-corrected chi connectivity index (χ4v) is 3.32. The van der Waals surface area contributed by atoms with E-state index in [1.165, 1.54) is 10.4 Å². The van der Waals surface area contributed by atoms with Gasteiger partial charge in [0.1, 0.15) is 0 Å². The summed E-state index contributed by atoms with van der Waals surface area (Å²) in [7, 11) is 0. The largest absolute Gasteiger partial charge is 0.348 e. The summed E-state index contributed by atoms with van der Waals surface area (Å²) in [6.45, 7) is 6.78. The molecule has 1 aromatic carbocycles. The van der Waals surface area contributed by atoms with Crippen LogP contribution in [0.4, 0.5) is 0 Å². The molecule has 2 aromatic rings. The molecule has 124 valence electrons. The Morgan fingerprint density at radius 1 is 1.09 bits per heavy atom. The Kier molecular flexibility index (Phi) is 6.81. The third-order valence-electron chi connectivity index (χ3n) is 3.78. The zero-order chi connectivity index (χ0) is 16.7. The molecular weight excluding hydrogens is 304 g/mol. The van der Waals surface area contributed by atoms with E-state index in [1.54, 1.807) is 11.3 Å². The van der Waals surface area contributed by atoms with Crippen molar-refractivity contribution < 1.29 is 4.79 Å². The lowest BCUT2D eigenvalue weighted by molar-refractivity contribution is -0.121. The Hall–Kier alpha value is -1.65. The maximum absolute atomic E-state index is 12.3. The average Bonchev–Trinajstić information content (AvgIpc) is 3.07. The van der Waals surface area contributed by atoms with Crippen LogP contribution < -0.4 is 10.6 Å². The maximum atomic E-state index is 12.3. The van der Waals surface area contributed by atoms with Crippen LogP contribution in [0.3, 0.4) is 0 Å². The van der Waals surface area contributed by atoms with E-state index in [1.807, 2.05) is 24.3 Å². The summed E-state index contributed by atoms with van der Waals surface area (Å²) in [6, 6.07) is 14.6. The molecule has 4 heteroatoms. The topological polar surface area (TPSA) is 41.1 Å². The first-order chi connectivity index (χ1) is 11.1. The van der Waals surface area contributed by atoms with Crippen molar-refractivity contribution in [3.63, 3.8) is 0 Å². The Morgan fingerprint density at radius 2 is 1.83 bits per heavy atom. The van der Waals surface area contributed by atoms with Gasteiger partial charge in [-0.15, -0.1) is 11.3 Å². The number of carbonyl (C=O) groups is 1. The summed E-state index contributed by atoms with van der Waals surface area (Å²) in [5.74, 6) is 0.571. The number of hydrogen-bond donors (Lipinski definition) is 2. The quantitative estimate of drug-likeness (QED) is 0.757. The lowest BCUT2D eigenvalue weighted by Gasteiger charge is -2.22. The molecule has 0 radical (unpaired) electrons. The number of carbonyl (C=O) groups excluding carboxylic acids is 1. The van der Waals surface area contributed by atoms with E-state index in [0.717, 1.165) is 6.42 Å². The second-order valence-corrected chi connectivity index (χ2v) is 7.26. The molecule has 1 heterocycles. The highest BCUT2D eigenvalue weighted by Gasteiger charge is 2.16. The molecule has 2 rings (SSSR count). The van der Waals surface area contributed by atoms with Gasteiger partial charge < -0.3 is 10.6 Å². The lowest BCUT2D eigenvalue weighted by atomic mass is 9.97. The minimum absolute atomic E-state index is 0.0444. The van der Waals surface area contributed by atoms with Crippen molar-refractivity contribution in [1.29, 1.82) is 0 Å².